The van der Waals surface area contributed by atoms with E-state index in [-0.39, 0.29) is 31.0 Å². The summed E-state index contributed by atoms with van der Waals surface area (Å²) in [6, 6.07) is 6.14. The highest BCUT2D eigenvalue weighted by Crippen LogP contribution is 2.47. The molecular formula is C47H57F3N6O7S2. The van der Waals surface area contributed by atoms with E-state index in [0.29, 0.717) is 45.9 Å². The zero-order valence-electron chi connectivity index (χ0n) is 38.1. The lowest BCUT2D eigenvalue weighted by Crippen LogP contribution is -2.59. The first-order valence-corrected chi connectivity index (χ1v) is 24.1. The van der Waals surface area contributed by atoms with Crippen LogP contribution in [0.1, 0.15) is 103 Å². The molecule has 0 radical (unpaired) electrons. The summed E-state index contributed by atoms with van der Waals surface area (Å²) >= 11 is 1.44. The minimum atomic E-state index is -4.07. The second-order valence-electron chi connectivity index (χ2n) is 19.1. The molecule has 5 atom stereocenters. The quantitative estimate of drug-likeness (QED) is 0.0929. The molecule has 2 saturated carbocycles. The zero-order chi connectivity index (χ0) is 47.6. The number of alkyl halides is 2. The number of methoxy groups -OCH3 is 1. The van der Waals surface area contributed by atoms with Crippen LogP contribution in [0.25, 0.3) is 21.6 Å². The first kappa shape index (κ1) is 47.7. The van der Waals surface area contributed by atoms with Crippen molar-refractivity contribution in [3.05, 3.63) is 77.1 Å². The third-order valence-corrected chi connectivity index (χ3v) is 16.0. The van der Waals surface area contributed by atoms with Crippen LogP contribution in [0.4, 0.5) is 18.9 Å². The number of amides is 3. The smallest absolute Gasteiger partial charge is 0.275 e. The summed E-state index contributed by atoms with van der Waals surface area (Å²) < 4.78 is 84.5. The number of carbonyl (C=O) groups is 3. The number of sulfonamides is 1. The maximum absolute atomic E-state index is 15.1. The van der Waals surface area contributed by atoms with Gasteiger partial charge < -0.3 is 25.0 Å². The fraction of sp³-hybridized carbons (Fsp3) is 0.511. The van der Waals surface area contributed by atoms with Crippen LogP contribution >= 0.6 is 11.3 Å². The molecule has 5 unspecified atom stereocenters. The lowest BCUT2D eigenvalue weighted by atomic mass is 9.85. The van der Waals surface area contributed by atoms with Crippen molar-refractivity contribution >= 4 is 55.7 Å². The summed E-state index contributed by atoms with van der Waals surface area (Å²) in [7, 11) is -2.51. The fourth-order valence-electron chi connectivity index (χ4n) is 8.22. The average Bonchev–Trinajstić information content (AvgIpc) is 4.03. The second-order valence-corrected chi connectivity index (χ2v) is 22.2. The highest BCUT2D eigenvalue weighted by molar-refractivity contribution is 7.91. The lowest BCUT2D eigenvalue weighted by molar-refractivity contribution is -0.141. The second kappa shape index (κ2) is 17.2. The van der Waals surface area contributed by atoms with E-state index in [2.05, 4.69) is 21.9 Å². The third-order valence-electron chi connectivity index (χ3n) is 13.0. The normalized spacial score (nSPS) is 22.0. The van der Waals surface area contributed by atoms with E-state index in [9.17, 15) is 31.2 Å². The minimum Gasteiger partial charge on any atom is -0.496 e. The SMILES string of the molecule is C=CC1CC1(NC(=O)C1CC(Oc2cc(-c3nc(C(C)C)cs3)nc3c(C)c(OC)ccc23)CN1C(=O)C(Nc1ccc(F)c(C(F)(F)CC)c1)C(C)(C)C)C(=O)NS(=O)(=O)C1(C)CC1. The number of hydrogen-bond donors (Lipinski definition) is 3. The Kier molecular flexibility index (Phi) is 12.6. The number of likely N-dealkylation sites (tertiary alicyclic amines) is 1. The lowest BCUT2D eigenvalue weighted by Gasteiger charge is -2.36. The number of halogens is 3. The van der Waals surface area contributed by atoms with Crippen LogP contribution in [-0.2, 0) is 30.3 Å². The first-order chi connectivity index (χ1) is 30.4. The van der Waals surface area contributed by atoms with Gasteiger partial charge in [-0.3, -0.25) is 19.1 Å². The highest BCUT2D eigenvalue weighted by atomic mass is 32.2. The molecule has 1 saturated heterocycles. The van der Waals surface area contributed by atoms with Crippen molar-refractivity contribution in [2.45, 2.75) is 128 Å². The van der Waals surface area contributed by atoms with Gasteiger partial charge in [-0.25, -0.2) is 31.6 Å². The Hall–Kier alpha value is -5.23. The number of carbonyl (C=O) groups excluding carboxylic acids is 3. The van der Waals surface area contributed by atoms with Crippen LogP contribution in [-0.4, -0.2) is 83.1 Å². The third kappa shape index (κ3) is 9.16. The fourth-order valence-corrected chi connectivity index (χ4v) is 10.5. The van der Waals surface area contributed by atoms with Gasteiger partial charge in [-0.1, -0.05) is 47.6 Å². The number of aromatic nitrogens is 2. The van der Waals surface area contributed by atoms with Gasteiger partial charge >= 0.3 is 0 Å². The van der Waals surface area contributed by atoms with Crippen molar-refractivity contribution in [2.75, 3.05) is 19.0 Å². The maximum Gasteiger partial charge on any atom is 0.275 e. The molecule has 350 valence electrons. The topological polar surface area (TPSA) is 169 Å². The van der Waals surface area contributed by atoms with E-state index in [4.69, 9.17) is 19.4 Å². The van der Waals surface area contributed by atoms with E-state index in [1.807, 2.05) is 32.2 Å². The van der Waals surface area contributed by atoms with Crippen molar-refractivity contribution < 1.29 is 45.4 Å². The van der Waals surface area contributed by atoms with E-state index < -0.39 is 91.3 Å². The van der Waals surface area contributed by atoms with Crippen molar-refractivity contribution in [3.63, 3.8) is 0 Å². The summed E-state index contributed by atoms with van der Waals surface area (Å²) in [5, 5.41) is 9.15. The number of aryl methyl sites for hydroxylation is 1. The summed E-state index contributed by atoms with van der Waals surface area (Å²) in [5.74, 6) is -6.23. The Bertz CT molecular complexity index is 2660. The van der Waals surface area contributed by atoms with Gasteiger partial charge in [0.25, 0.3) is 11.8 Å². The molecule has 13 nitrogen and oxygen atoms in total. The van der Waals surface area contributed by atoms with Crippen molar-refractivity contribution in [2.24, 2.45) is 11.3 Å². The Balaban J connectivity index is 1.27. The summed E-state index contributed by atoms with van der Waals surface area (Å²) in [4.78, 5) is 54.8. The van der Waals surface area contributed by atoms with Gasteiger partial charge in [0, 0.05) is 46.8 Å². The van der Waals surface area contributed by atoms with Gasteiger partial charge in [-0.05, 0) is 74.8 Å². The molecule has 3 N–H and O–H groups in total. The Morgan fingerprint density at radius 1 is 1.09 bits per heavy atom. The molecule has 3 aliphatic rings. The number of rotatable bonds is 16. The number of pyridine rings is 1. The average molecular weight is 939 g/mol. The van der Waals surface area contributed by atoms with Gasteiger partial charge in [0.2, 0.25) is 21.8 Å². The van der Waals surface area contributed by atoms with Crippen LogP contribution in [0.15, 0.2) is 54.4 Å². The van der Waals surface area contributed by atoms with Crippen LogP contribution in [0, 0.1) is 24.1 Å². The number of anilines is 1. The molecule has 1 aliphatic heterocycles. The van der Waals surface area contributed by atoms with E-state index in [1.54, 1.807) is 46.9 Å². The van der Waals surface area contributed by atoms with E-state index in [1.165, 1.54) is 35.3 Å². The first-order valence-electron chi connectivity index (χ1n) is 21.8. The van der Waals surface area contributed by atoms with Gasteiger partial charge in [0.1, 0.15) is 51.7 Å². The molecule has 18 heteroatoms. The molecule has 4 aromatic rings. The number of nitrogens with zero attached hydrogens (tertiary/aromatic N) is 3. The zero-order valence-corrected chi connectivity index (χ0v) is 39.7. The molecule has 7 rings (SSSR count). The molecule has 2 aliphatic carbocycles. The predicted molar refractivity (Wildman–Crippen MR) is 244 cm³/mol. The van der Waals surface area contributed by atoms with Crippen molar-refractivity contribution in [1.29, 1.82) is 0 Å². The molecule has 0 bridgehead atoms. The monoisotopic (exact) mass is 938 g/mol. The number of fused-ring (bicyclic) bond motifs is 1. The standard InChI is InChI=1S/C47H57F3N6O7S2/c1-11-27-22-46(27,43(59)55-65(60,61)45(9)17-18-45)54-40(57)35-20-29(23-56(35)42(58)39(44(6,7)8)51-28-13-15-32(48)31(19-28)47(49,50)12-2)63-37-21-33(41-53-34(24-64-41)25(3)4)52-38-26(5)36(62-10)16-14-30(37)38/h11,13-16,19,21,24-25,27,29,35,39,51H,1,12,17-18,20,22-23H2,2-10H3,(H,54,57)(H,55,59). The maximum atomic E-state index is 15.1. The van der Waals surface area contributed by atoms with Crippen LogP contribution < -0.4 is 24.8 Å². The molecule has 2 aromatic carbocycles. The number of nitrogens with one attached hydrogen (secondary N) is 3. The highest BCUT2D eigenvalue weighted by Gasteiger charge is 2.63. The minimum absolute atomic E-state index is 0.0618. The summed E-state index contributed by atoms with van der Waals surface area (Å²) in [6.45, 7) is 17.7. The number of benzene rings is 2. The molecule has 2 aromatic heterocycles. The van der Waals surface area contributed by atoms with Gasteiger partial charge in [-0.2, -0.15) is 0 Å². The number of ether oxygens (including phenoxy) is 2. The summed E-state index contributed by atoms with van der Waals surface area (Å²) in [5.41, 5.74) is -0.548. The molecular weight excluding hydrogens is 882 g/mol. The Morgan fingerprint density at radius 3 is 2.38 bits per heavy atom. The Labute approximate surface area is 382 Å². The molecule has 3 heterocycles. The molecule has 3 amide bonds. The van der Waals surface area contributed by atoms with Crippen LogP contribution in [0.2, 0.25) is 0 Å². The van der Waals surface area contributed by atoms with Crippen molar-refractivity contribution in [1.82, 2.24) is 24.9 Å². The summed E-state index contributed by atoms with van der Waals surface area (Å²) in [6.07, 6.45) is 0.779. The number of thiazole rings is 1. The van der Waals surface area contributed by atoms with Crippen LogP contribution in [0.5, 0.6) is 11.5 Å². The predicted octanol–water partition coefficient (Wildman–Crippen LogP) is 8.37. The van der Waals surface area contributed by atoms with E-state index >= 15 is 4.79 Å². The van der Waals surface area contributed by atoms with Crippen LogP contribution in [0.3, 0.4) is 0 Å². The van der Waals surface area contributed by atoms with E-state index in [0.717, 1.165) is 23.4 Å². The molecule has 0 spiro atoms. The molecule has 3 fully saturated rings. The van der Waals surface area contributed by atoms with Gasteiger partial charge in [0.05, 0.1) is 35.2 Å². The van der Waals surface area contributed by atoms with Gasteiger partial charge in [0.15, 0.2) is 0 Å². The molecule has 65 heavy (non-hydrogen) atoms. The largest absolute Gasteiger partial charge is 0.496 e. The Morgan fingerprint density at radius 2 is 1.80 bits per heavy atom. The van der Waals surface area contributed by atoms with Gasteiger partial charge in [-0.15, -0.1) is 17.9 Å². The van der Waals surface area contributed by atoms with Crippen molar-refractivity contribution in [3.8, 4) is 22.2 Å². The number of hydrogen-bond acceptors (Lipinski definition) is 11.